The number of rotatable bonds is 3. The van der Waals surface area contributed by atoms with E-state index in [4.69, 9.17) is 0 Å². The van der Waals surface area contributed by atoms with Gasteiger partial charge in [0.05, 0.1) is 6.54 Å². The Balaban J connectivity index is 1.83. The molecule has 1 aliphatic heterocycles. The van der Waals surface area contributed by atoms with Crippen molar-refractivity contribution < 1.29 is 13.2 Å². The number of hydrogen-bond donors (Lipinski definition) is 1. The second-order valence-corrected chi connectivity index (χ2v) is 5.94. The predicted molar refractivity (Wildman–Crippen MR) is 86.3 cm³/mol. The zero-order valence-electron chi connectivity index (χ0n) is 13.3. The van der Waals surface area contributed by atoms with Crippen LogP contribution in [-0.2, 0) is 19.5 Å². The molecule has 1 aromatic carbocycles. The summed E-state index contributed by atoms with van der Waals surface area (Å²) in [5.41, 5.74) is 3.15. The number of nitrogens with one attached hydrogen (secondary N) is 1. The van der Waals surface area contributed by atoms with Crippen molar-refractivity contribution in [2.45, 2.75) is 19.5 Å². The van der Waals surface area contributed by atoms with Gasteiger partial charge in [-0.2, -0.15) is 5.10 Å². The third-order valence-electron chi connectivity index (χ3n) is 4.38. The first kappa shape index (κ1) is 15.8. The second-order valence-electron chi connectivity index (χ2n) is 5.94. The molecule has 0 bridgehead atoms. The van der Waals surface area contributed by atoms with Crippen molar-refractivity contribution >= 4 is 0 Å². The fourth-order valence-corrected chi connectivity index (χ4v) is 3.14. The van der Waals surface area contributed by atoms with Crippen LogP contribution in [0.4, 0.5) is 13.2 Å². The molecule has 0 fully saturated rings. The quantitative estimate of drug-likeness (QED) is 0.743. The molecule has 0 unspecified atom stereocenters. The number of hydrogen-bond acceptors (Lipinski definition) is 3. The Morgan fingerprint density at radius 3 is 2.64 bits per heavy atom. The molecular weight excluding hydrogens is 329 g/mol. The Morgan fingerprint density at radius 1 is 1.04 bits per heavy atom. The molecule has 0 aliphatic carbocycles. The first-order chi connectivity index (χ1) is 12.1. The van der Waals surface area contributed by atoms with Crippen LogP contribution in [0.5, 0.6) is 0 Å². The van der Waals surface area contributed by atoms with Gasteiger partial charge in [-0.05, 0) is 29.8 Å². The van der Waals surface area contributed by atoms with E-state index in [2.05, 4.69) is 15.4 Å². The van der Waals surface area contributed by atoms with Gasteiger partial charge in [0.2, 0.25) is 0 Å². The van der Waals surface area contributed by atoms with E-state index in [1.807, 2.05) is 16.8 Å². The third kappa shape index (κ3) is 2.80. The zero-order valence-corrected chi connectivity index (χ0v) is 13.3. The highest BCUT2D eigenvalue weighted by atomic mass is 19.2. The molecule has 0 amide bonds. The molecule has 0 spiro atoms. The molecule has 0 atom stereocenters. The van der Waals surface area contributed by atoms with Gasteiger partial charge in [-0.1, -0.05) is 0 Å². The Hall–Kier alpha value is -2.67. The first-order valence-corrected chi connectivity index (χ1v) is 7.97. The van der Waals surface area contributed by atoms with E-state index in [9.17, 15) is 13.2 Å². The van der Waals surface area contributed by atoms with Crippen LogP contribution in [0.3, 0.4) is 0 Å². The van der Waals surface area contributed by atoms with Gasteiger partial charge in [0.1, 0.15) is 5.69 Å². The highest BCUT2D eigenvalue weighted by Gasteiger charge is 2.25. The van der Waals surface area contributed by atoms with E-state index >= 15 is 0 Å². The van der Waals surface area contributed by atoms with Gasteiger partial charge in [-0.3, -0.25) is 9.67 Å². The summed E-state index contributed by atoms with van der Waals surface area (Å²) in [7, 11) is 0. The van der Waals surface area contributed by atoms with Gasteiger partial charge in [0.15, 0.2) is 17.5 Å². The number of halogens is 3. The van der Waals surface area contributed by atoms with Gasteiger partial charge >= 0.3 is 0 Å². The average Bonchev–Trinajstić information content (AvgIpc) is 2.99. The molecule has 7 heteroatoms. The van der Waals surface area contributed by atoms with Gasteiger partial charge in [0.25, 0.3) is 0 Å². The normalized spacial score (nSPS) is 13.7. The molecule has 4 rings (SSSR count). The van der Waals surface area contributed by atoms with Gasteiger partial charge in [-0.15, -0.1) is 0 Å². The predicted octanol–water partition coefficient (Wildman–Crippen LogP) is 3.06. The minimum Gasteiger partial charge on any atom is -0.312 e. The van der Waals surface area contributed by atoms with Crippen molar-refractivity contribution in [3.05, 3.63) is 70.9 Å². The van der Waals surface area contributed by atoms with Crippen LogP contribution in [0.1, 0.15) is 16.8 Å². The maximum Gasteiger partial charge on any atom is 0.195 e. The highest BCUT2D eigenvalue weighted by molar-refractivity contribution is 5.65. The third-order valence-corrected chi connectivity index (χ3v) is 4.38. The molecule has 1 aliphatic rings. The number of pyridine rings is 1. The molecule has 0 saturated heterocycles. The Labute approximate surface area is 142 Å². The summed E-state index contributed by atoms with van der Waals surface area (Å²) in [5.74, 6) is -3.88. The molecule has 4 nitrogen and oxygen atoms in total. The first-order valence-electron chi connectivity index (χ1n) is 7.97. The van der Waals surface area contributed by atoms with E-state index in [1.54, 1.807) is 12.4 Å². The monoisotopic (exact) mass is 344 g/mol. The number of benzene rings is 1. The molecule has 1 N–H and O–H groups in total. The van der Waals surface area contributed by atoms with E-state index in [-0.39, 0.29) is 5.56 Å². The molecule has 128 valence electrons. The molecule has 25 heavy (non-hydrogen) atoms. The lowest BCUT2D eigenvalue weighted by atomic mass is 10.0. The standard InChI is InChI=1S/C18H15F3N4/c19-14-2-1-12(16(20)17(14)21)18-13-9-23-8-5-15(13)25(24-18)10-11-3-6-22-7-4-11/h1-4,6-7,23H,5,8-10H2. The van der Waals surface area contributed by atoms with Crippen molar-refractivity contribution in [3.63, 3.8) is 0 Å². The van der Waals surface area contributed by atoms with Crippen LogP contribution in [0.2, 0.25) is 0 Å². The molecule has 2 aromatic heterocycles. The Kier molecular flexibility index (Phi) is 4.01. The fourth-order valence-electron chi connectivity index (χ4n) is 3.14. The van der Waals surface area contributed by atoms with E-state index in [1.165, 1.54) is 6.07 Å². The fraction of sp³-hybridized carbons (Fsp3) is 0.222. The molecule has 0 saturated carbocycles. The maximum absolute atomic E-state index is 14.3. The van der Waals surface area contributed by atoms with Crippen molar-refractivity contribution in [3.8, 4) is 11.3 Å². The SMILES string of the molecule is Fc1ccc(-c2nn(Cc3ccncc3)c3c2CNCC3)c(F)c1F. The lowest BCUT2D eigenvalue weighted by molar-refractivity contribution is 0.448. The maximum atomic E-state index is 14.3. The molecular formula is C18H15F3N4. The minimum atomic E-state index is -1.47. The minimum absolute atomic E-state index is 0.0210. The Morgan fingerprint density at radius 2 is 1.84 bits per heavy atom. The average molecular weight is 344 g/mol. The van der Waals surface area contributed by atoms with Crippen LogP contribution < -0.4 is 5.32 Å². The van der Waals surface area contributed by atoms with Gasteiger partial charge in [-0.25, -0.2) is 13.2 Å². The van der Waals surface area contributed by atoms with Crippen LogP contribution >= 0.6 is 0 Å². The van der Waals surface area contributed by atoms with E-state index in [0.29, 0.717) is 18.8 Å². The van der Waals surface area contributed by atoms with Crippen LogP contribution in [-0.4, -0.2) is 21.3 Å². The Bertz CT molecular complexity index is 922. The number of fused-ring (bicyclic) bond motifs is 1. The molecule has 0 radical (unpaired) electrons. The van der Waals surface area contributed by atoms with E-state index in [0.717, 1.165) is 35.9 Å². The smallest absolute Gasteiger partial charge is 0.195 e. The van der Waals surface area contributed by atoms with Crippen LogP contribution in [0.15, 0.2) is 36.7 Å². The summed E-state index contributed by atoms with van der Waals surface area (Å²) in [6.07, 6.45) is 4.13. The van der Waals surface area contributed by atoms with Crippen molar-refractivity contribution in [2.24, 2.45) is 0 Å². The zero-order chi connectivity index (χ0) is 17.4. The summed E-state index contributed by atoms with van der Waals surface area (Å²) >= 11 is 0. The highest BCUT2D eigenvalue weighted by Crippen LogP contribution is 2.31. The lowest BCUT2D eigenvalue weighted by Gasteiger charge is -2.16. The number of nitrogens with zero attached hydrogens (tertiary/aromatic N) is 3. The van der Waals surface area contributed by atoms with E-state index < -0.39 is 17.5 Å². The van der Waals surface area contributed by atoms with Gasteiger partial charge in [0, 0.05) is 48.7 Å². The molecule has 3 heterocycles. The van der Waals surface area contributed by atoms with Gasteiger partial charge < -0.3 is 5.32 Å². The summed E-state index contributed by atoms with van der Waals surface area (Å²) in [4.78, 5) is 3.99. The van der Waals surface area contributed by atoms with Crippen molar-refractivity contribution in [2.75, 3.05) is 6.54 Å². The second kappa shape index (κ2) is 6.33. The van der Waals surface area contributed by atoms with Crippen molar-refractivity contribution in [1.29, 1.82) is 0 Å². The largest absolute Gasteiger partial charge is 0.312 e. The van der Waals surface area contributed by atoms with Crippen molar-refractivity contribution in [1.82, 2.24) is 20.1 Å². The topological polar surface area (TPSA) is 42.7 Å². The molecule has 3 aromatic rings. The summed E-state index contributed by atoms with van der Waals surface area (Å²) in [6.45, 7) is 1.81. The van der Waals surface area contributed by atoms with Crippen LogP contribution in [0, 0.1) is 17.5 Å². The summed E-state index contributed by atoms with van der Waals surface area (Å²) in [5, 5.41) is 7.74. The summed E-state index contributed by atoms with van der Waals surface area (Å²) < 4.78 is 43.0. The van der Waals surface area contributed by atoms with Crippen LogP contribution in [0.25, 0.3) is 11.3 Å². The number of aromatic nitrogens is 3. The summed E-state index contributed by atoms with van der Waals surface area (Å²) in [6, 6.07) is 5.93. The lowest BCUT2D eigenvalue weighted by Crippen LogP contribution is -2.25.